The number of nitrogens with one attached hydrogen (secondary N) is 1. The van der Waals surface area contributed by atoms with Crippen molar-refractivity contribution in [3.63, 3.8) is 0 Å². The van der Waals surface area contributed by atoms with Crippen molar-refractivity contribution in [2.45, 2.75) is 12.1 Å². The summed E-state index contributed by atoms with van der Waals surface area (Å²) < 4.78 is 20.7. The fourth-order valence-corrected chi connectivity index (χ4v) is 2.51. The smallest absolute Gasteiger partial charge is 0.325 e. The highest BCUT2D eigenvalue weighted by molar-refractivity contribution is 7.99. The Morgan fingerprint density at radius 1 is 1.19 bits per heavy atom. The van der Waals surface area contributed by atoms with Gasteiger partial charge in [-0.15, -0.1) is 10.2 Å². The summed E-state index contributed by atoms with van der Waals surface area (Å²) in [5.41, 5.74) is 0.661. The summed E-state index contributed by atoms with van der Waals surface area (Å²) >= 11 is 1.07. The molecule has 0 aliphatic rings. The van der Waals surface area contributed by atoms with E-state index in [1.807, 2.05) is 0 Å². The van der Waals surface area contributed by atoms with Gasteiger partial charge in [-0.05, 0) is 25.1 Å². The van der Waals surface area contributed by atoms with E-state index in [-0.39, 0.29) is 30.0 Å². The van der Waals surface area contributed by atoms with Crippen LogP contribution in [0.15, 0.2) is 27.8 Å². The van der Waals surface area contributed by atoms with Gasteiger partial charge in [0.25, 0.3) is 5.22 Å². The molecule has 1 aromatic heterocycles. The van der Waals surface area contributed by atoms with Crippen LogP contribution in [0.2, 0.25) is 0 Å². The van der Waals surface area contributed by atoms with Gasteiger partial charge in [0.05, 0.1) is 26.6 Å². The van der Waals surface area contributed by atoms with Crippen molar-refractivity contribution in [2.75, 3.05) is 33.1 Å². The van der Waals surface area contributed by atoms with Gasteiger partial charge < -0.3 is 23.9 Å². The molecular weight excluding hydrogens is 362 g/mol. The average Bonchev–Trinajstić information content (AvgIpc) is 3.13. The minimum atomic E-state index is -0.487. The van der Waals surface area contributed by atoms with Crippen molar-refractivity contribution >= 4 is 23.6 Å². The van der Waals surface area contributed by atoms with E-state index < -0.39 is 5.97 Å². The van der Waals surface area contributed by atoms with Gasteiger partial charge >= 0.3 is 5.97 Å². The molecule has 0 fully saturated rings. The molecule has 2 rings (SSSR count). The van der Waals surface area contributed by atoms with Crippen LogP contribution in [0.25, 0.3) is 11.5 Å². The molecule has 0 saturated heterocycles. The molecule has 2 aromatic rings. The summed E-state index contributed by atoms with van der Waals surface area (Å²) in [5, 5.41) is 10.5. The summed E-state index contributed by atoms with van der Waals surface area (Å²) in [7, 11) is 3.08. The third kappa shape index (κ3) is 5.38. The molecule has 0 aliphatic carbocycles. The zero-order valence-electron chi connectivity index (χ0n) is 14.6. The molecule has 0 bridgehead atoms. The largest absolute Gasteiger partial charge is 0.493 e. The standard InChI is InChI=1S/C16H19N3O6S/c1-4-24-14(21)8-17-13(20)9-26-16-19-18-15(25-16)10-5-6-11(22-2)12(7-10)23-3/h5-7H,4,8-9H2,1-3H3,(H,17,20). The molecule has 1 aromatic carbocycles. The molecular formula is C16H19N3O6S. The zero-order valence-corrected chi connectivity index (χ0v) is 15.4. The molecule has 0 atom stereocenters. The van der Waals surface area contributed by atoms with Crippen molar-refractivity contribution < 1.29 is 28.2 Å². The quantitative estimate of drug-likeness (QED) is 0.510. The Balaban J connectivity index is 1.91. The Hall–Kier alpha value is -2.75. The molecule has 0 spiro atoms. The first kappa shape index (κ1) is 19.6. The van der Waals surface area contributed by atoms with Gasteiger partial charge in [-0.2, -0.15) is 0 Å². The van der Waals surface area contributed by atoms with Gasteiger partial charge in [-0.3, -0.25) is 9.59 Å². The normalized spacial score (nSPS) is 10.3. The SMILES string of the molecule is CCOC(=O)CNC(=O)CSc1nnc(-c2ccc(OC)c(OC)c2)o1. The van der Waals surface area contributed by atoms with Crippen LogP contribution in [0, 0.1) is 0 Å². The molecule has 26 heavy (non-hydrogen) atoms. The molecule has 0 saturated carbocycles. The number of ether oxygens (including phenoxy) is 3. The van der Waals surface area contributed by atoms with Crippen LogP contribution in [0.4, 0.5) is 0 Å². The number of carbonyl (C=O) groups excluding carboxylic acids is 2. The van der Waals surface area contributed by atoms with E-state index in [9.17, 15) is 9.59 Å². The van der Waals surface area contributed by atoms with Crippen LogP contribution in [0.5, 0.6) is 11.5 Å². The first-order valence-corrected chi connectivity index (χ1v) is 8.67. The summed E-state index contributed by atoms with van der Waals surface area (Å²) in [4.78, 5) is 22.9. The first-order chi connectivity index (χ1) is 12.6. The predicted molar refractivity (Wildman–Crippen MR) is 93.2 cm³/mol. The molecule has 10 heteroatoms. The number of aromatic nitrogens is 2. The average molecular weight is 381 g/mol. The number of hydrogen-bond donors (Lipinski definition) is 1. The van der Waals surface area contributed by atoms with Crippen LogP contribution >= 0.6 is 11.8 Å². The maximum atomic E-state index is 11.7. The fraction of sp³-hybridized carbons (Fsp3) is 0.375. The number of rotatable bonds is 9. The second kappa shape index (κ2) is 9.66. The van der Waals surface area contributed by atoms with Crippen molar-refractivity contribution in [1.29, 1.82) is 0 Å². The highest BCUT2D eigenvalue weighted by Gasteiger charge is 2.14. The lowest BCUT2D eigenvalue weighted by Gasteiger charge is -2.07. The van der Waals surface area contributed by atoms with Crippen LogP contribution in [-0.2, 0) is 14.3 Å². The van der Waals surface area contributed by atoms with Gasteiger partial charge in [0.15, 0.2) is 11.5 Å². The monoisotopic (exact) mass is 381 g/mol. The van der Waals surface area contributed by atoms with E-state index in [0.717, 1.165) is 11.8 Å². The van der Waals surface area contributed by atoms with Crippen LogP contribution < -0.4 is 14.8 Å². The van der Waals surface area contributed by atoms with E-state index in [0.29, 0.717) is 23.0 Å². The van der Waals surface area contributed by atoms with Crippen molar-refractivity contribution in [3.8, 4) is 23.0 Å². The number of carbonyl (C=O) groups is 2. The number of methoxy groups -OCH3 is 2. The van der Waals surface area contributed by atoms with E-state index in [2.05, 4.69) is 15.5 Å². The Bertz CT molecular complexity index is 764. The topological polar surface area (TPSA) is 113 Å². The Morgan fingerprint density at radius 3 is 2.65 bits per heavy atom. The van der Waals surface area contributed by atoms with Gasteiger partial charge in [0.2, 0.25) is 11.8 Å². The van der Waals surface area contributed by atoms with Crippen molar-refractivity contribution in [3.05, 3.63) is 18.2 Å². The Kier molecular flexibility index (Phi) is 7.27. The number of benzene rings is 1. The number of hydrogen-bond acceptors (Lipinski definition) is 9. The van der Waals surface area contributed by atoms with Gasteiger partial charge in [0.1, 0.15) is 6.54 Å². The summed E-state index contributed by atoms with van der Waals surface area (Å²) in [6, 6.07) is 5.20. The highest BCUT2D eigenvalue weighted by Crippen LogP contribution is 2.32. The number of esters is 1. The first-order valence-electron chi connectivity index (χ1n) is 7.68. The van der Waals surface area contributed by atoms with E-state index >= 15 is 0 Å². The highest BCUT2D eigenvalue weighted by atomic mass is 32.2. The third-order valence-electron chi connectivity index (χ3n) is 3.10. The lowest BCUT2D eigenvalue weighted by Crippen LogP contribution is -2.31. The van der Waals surface area contributed by atoms with E-state index in [4.69, 9.17) is 18.6 Å². The van der Waals surface area contributed by atoms with Gasteiger partial charge in [-0.25, -0.2) is 0 Å². The van der Waals surface area contributed by atoms with Crippen molar-refractivity contribution in [2.24, 2.45) is 0 Å². The number of nitrogens with zero attached hydrogens (tertiary/aromatic N) is 2. The van der Waals surface area contributed by atoms with Gasteiger partial charge in [0, 0.05) is 5.56 Å². The lowest BCUT2D eigenvalue weighted by atomic mass is 10.2. The second-order valence-corrected chi connectivity index (χ2v) is 5.74. The van der Waals surface area contributed by atoms with Crippen LogP contribution in [-0.4, -0.2) is 55.2 Å². The second-order valence-electron chi connectivity index (χ2n) is 4.81. The minimum Gasteiger partial charge on any atom is -0.493 e. The fourth-order valence-electron chi connectivity index (χ4n) is 1.92. The predicted octanol–water partition coefficient (Wildman–Crippen LogP) is 1.53. The summed E-state index contributed by atoms with van der Waals surface area (Å²) in [6.45, 7) is 1.79. The summed E-state index contributed by atoms with van der Waals surface area (Å²) in [5.74, 6) is 0.625. The maximum Gasteiger partial charge on any atom is 0.325 e. The van der Waals surface area contributed by atoms with E-state index in [1.54, 1.807) is 32.2 Å². The zero-order chi connectivity index (χ0) is 18.9. The third-order valence-corrected chi connectivity index (χ3v) is 3.92. The van der Waals surface area contributed by atoms with Gasteiger partial charge in [-0.1, -0.05) is 11.8 Å². The summed E-state index contributed by atoms with van der Waals surface area (Å²) in [6.07, 6.45) is 0. The molecule has 0 aliphatic heterocycles. The number of amides is 1. The Labute approximate surface area is 154 Å². The Morgan fingerprint density at radius 2 is 1.96 bits per heavy atom. The molecule has 1 N–H and O–H groups in total. The van der Waals surface area contributed by atoms with E-state index in [1.165, 1.54) is 7.11 Å². The van der Waals surface area contributed by atoms with Crippen LogP contribution in [0.1, 0.15) is 6.92 Å². The maximum absolute atomic E-state index is 11.7. The van der Waals surface area contributed by atoms with Crippen LogP contribution in [0.3, 0.4) is 0 Å². The molecule has 140 valence electrons. The molecule has 1 amide bonds. The molecule has 1 heterocycles. The molecule has 0 radical (unpaired) electrons. The molecule has 9 nitrogen and oxygen atoms in total. The van der Waals surface area contributed by atoms with Crippen molar-refractivity contribution in [1.82, 2.24) is 15.5 Å². The lowest BCUT2D eigenvalue weighted by molar-refractivity contribution is -0.143. The molecule has 0 unspecified atom stereocenters. The minimum absolute atomic E-state index is 0.0347. The number of thioether (sulfide) groups is 1.